The molecule has 2 aromatic carbocycles. The van der Waals surface area contributed by atoms with Gasteiger partial charge in [-0.3, -0.25) is 15.1 Å². The lowest BCUT2D eigenvalue weighted by molar-refractivity contribution is -0.383. The van der Waals surface area contributed by atoms with Crippen molar-refractivity contribution in [2.75, 3.05) is 10.6 Å². The van der Waals surface area contributed by atoms with Crippen molar-refractivity contribution in [3.63, 3.8) is 0 Å². The van der Waals surface area contributed by atoms with Crippen molar-refractivity contribution in [3.8, 4) is 0 Å². The summed E-state index contributed by atoms with van der Waals surface area (Å²) < 4.78 is 0. The van der Waals surface area contributed by atoms with E-state index < -0.39 is 4.92 Å². The lowest BCUT2D eigenvalue weighted by atomic mass is 10.2. The first-order valence-electron chi connectivity index (χ1n) is 8.35. The quantitative estimate of drug-likeness (QED) is 0.310. The summed E-state index contributed by atoms with van der Waals surface area (Å²) in [5, 5.41) is 19.3. The van der Waals surface area contributed by atoms with E-state index >= 15 is 0 Å². The number of aromatic nitrogens is 3. The molecule has 144 valence electrons. The highest BCUT2D eigenvalue weighted by Gasteiger charge is 2.24. The Labute approximate surface area is 174 Å². The van der Waals surface area contributed by atoms with Crippen LogP contribution in [-0.2, 0) is 0 Å². The lowest BCUT2D eigenvalue weighted by Gasteiger charge is -2.12. The van der Waals surface area contributed by atoms with Crippen LogP contribution in [0.2, 0.25) is 10.0 Å². The molecule has 10 heteroatoms. The van der Waals surface area contributed by atoms with Gasteiger partial charge in [0.05, 0.1) is 21.2 Å². The van der Waals surface area contributed by atoms with Crippen molar-refractivity contribution in [1.82, 2.24) is 15.0 Å². The van der Waals surface area contributed by atoms with Crippen LogP contribution in [0.5, 0.6) is 0 Å². The van der Waals surface area contributed by atoms with Gasteiger partial charge < -0.3 is 10.6 Å². The smallest absolute Gasteiger partial charge is 0.334 e. The van der Waals surface area contributed by atoms with Crippen molar-refractivity contribution in [2.24, 2.45) is 0 Å². The van der Waals surface area contributed by atoms with E-state index in [1.807, 2.05) is 12.1 Å². The number of anilines is 4. The summed E-state index contributed by atoms with van der Waals surface area (Å²) in [6.07, 6.45) is 2.90. The molecular weight excluding hydrogens is 415 g/mol. The number of fused-ring (bicyclic) bond motifs is 1. The summed E-state index contributed by atoms with van der Waals surface area (Å²) in [7, 11) is 0. The van der Waals surface area contributed by atoms with Gasteiger partial charge in [0.1, 0.15) is 6.33 Å². The Hall–Kier alpha value is -3.49. The molecule has 0 aliphatic rings. The van der Waals surface area contributed by atoms with Gasteiger partial charge in [0.25, 0.3) is 0 Å². The normalized spacial score (nSPS) is 10.7. The lowest BCUT2D eigenvalue weighted by Crippen LogP contribution is -2.06. The fourth-order valence-electron chi connectivity index (χ4n) is 2.79. The van der Waals surface area contributed by atoms with Crippen molar-refractivity contribution >= 4 is 62.8 Å². The third kappa shape index (κ3) is 3.89. The Bertz CT molecular complexity index is 1230. The molecular formula is C19H12Cl2N6O2. The molecule has 0 spiro atoms. The molecule has 4 rings (SSSR count). The average Bonchev–Trinajstić information content (AvgIpc) is 2.70. The predicted molar refractivity (Wildman–Crippen MR) is 113 cm³/mol. The van der Waals surface area contributed by atoms with Crippen molar-refractivity contribution in [2.45, 2.75) is 0 Å². The molecule has 0 amide bonds. The summed E-state index contributed by atoms with van der Waals surface area (Å²) in [4.78, 5) is 23.6. The summed E-state index contributed by atoms with van der Waals surface area (Å²) in [5.74, 6) is 0.0315. The zero-order valence-electron chi connectivity index (χ0n) is 14.6. The molecule has 0 radical (unpaired) electrons. The maximum atomic E-state index is 11.8. The van der Waals surface area contributed by atoms with Gasteiger partial charge in [-0.05, 0) is 42.5 Å². The fraction of sp³-hybridized carbons (Fsp3) is 0. The second-order valence-electron chi connectivity index (χ2n) is 5.93. The molecule has 0 aliphatic heterocycles. The van der Waals surface area contributed by atoms with Crippen LogP contribution in [0.25, 0.3) is 10.9 Å². The van der Waals surface area contributed by atoms with Crippen LogP contribution >= 0.6 is 23.2 Å². The fourth-order valence-corrected chi connectivity index (χ4v) is 3.25. The number of pyridine rings is 1. The first-order valence-corrected chi connectivity index (χ1v) is 9.11. The van der Waals surface area contributed by atoms with Gasteiger partial charge in [-0.2, -0.15) is 0 Å². The van der Waals surface area contributed by atoms with Crippen molar-refractivity contribution in [3.05, 3.63) is 81.2 Å². The molecule has 0 aliphatic carbocycles. The SMILES string of the molecule is O=[N+]([O-])c1c(Nc2ccc(Cl)cc2Cl)ncnc1Nc1cccc2ncccc12. The van der Waals surface area contributed by atoms with Crippen LogP contribution in [0.4, 0.5) is 28.7 Å². The van der Waals surface area contributed by atoms with E-state index in [4.69, 9.17) is 23.2 Å². The van der Waals surface area contributed by atoms with Crippen molar-refractivity contribution < 1.29 is 4.92 Å². The Morgan fingerprint density at radius 2 is 1.66 bits per heavy atom. The number of rotatable bonds is 5. The molecule has 4 aromatic rings. The summed E-state index contributed by atoms with van der Waals surface area (Å²) in [6.45, 7) is 0. The Morgan fingerprint density at radius 3 is 2.38 bits per heavy atom. The van der Waals surface area contributed by atoms with E-state index in [1.165, 1.54) is 12.4 Å². The highest BCUT2D eigenvalue weighted by Crippen LogP contribution is 2.36. The van der Waals surface area contributed by atoms with Gasteiger partial charge in [-0.1, -0.05) is 29.3 Å². The average molecular weight is 427 g/mol. The first kappa shape index (κ1) is 18.9. The van der Waals surface area contributed by atoms with Gasteiger partial charge in [-0.15, -0.1) is 0 Å². The standard InChI is InChI=1S/C19H12Cl2N6O2/c20-11-6-7-16(13(21)9-11)26-19-17(27(28)29)18(23-10-24-19)25-15-5-1-4-14-12(15)3-2-8-22-14/h1-10H,(H2,23,24,25,26). The van der Waals surface area contributed by atoms with Crippen molar-refractivity contribution in [1.29, 1.82) is 0 Å². The van der Waals surface area contributed by atoms with Crippen LogP contribution in [-0.4, -0.2) is 19.9 Å². The predicted octanol–water partition coefficient (Wildman–Crippen LogP) is 5.73. The molecule has 8 nitrogen and oxygen atoms in total. The van der Waals surface area contributed by atoms with Crippen LogP contribution in [0, 0.1) is 10.1 Å². The summed E-state index contributed by atoms with van der Waals surface area (Å²) in [6, 6.07) is 13.9. The second kappa shape index (κ2) is 7.86. The minimum atomic E-state index is -0.558. The molecule has 2 heterocycles. The molecule has 0 saturated carbocycles. The number of hydrogen-bond donors (Lipinski definition) is 2. The molecule has 0 bridgehead atoms. The largest absolute Gasteiger partial charge is 0.353 e. The Kier molecular flexibility index (Phi) is 5.11. The van der Waals surface area contributed by atoms with Gasteiger partial charge in [-0.25, -0.2) is 9.97 Å². The first-order chi connectivity index (χ1) is 14.0. The second-order valence-corrected chi connectivity index (χ2v) is 6.77. The van der Waals surface area contributed by atoms with Gasteiger partial charge >= 0.3 is 5.69 Å². The number of benzene rings is 2. The monoisotopic (exact) mass is 426 g/mol. The topological polar surface area (TPSA) is 106 Å². The number of nitrogens with zero attached hydrogens (tertiary/aromatic N) is 4. The van der Waals surface area contributed by atoms with E-state index in [9.17, 15) is 10.1 Å². The Morgan fingerprint density at radius 1 is 0.897 bits per heavy atom. The van der Waals surface area contributed by atoms with Crippen LogP contribution in [0.15, 0.2) is 61.1 Å². The maximum absolute atomic E-state index is 11.8. The summed E-state index contributed by atoms with van der Waals surface area (Å²) in [5.41, 5.74) is 1.49. The zero-order valence-corrected chi connectivity index (χ0v) is 16.1. The van der Waals surface area contributed by atoms with E-state index in [-0.39, 0.29) is 17.3 Å². The molecule has 0 fully saturated rings. The molecule has 0 atom stereocenters. The number of hydrogen-bond acceptors (Lipinski definition) is 7. The number of nitrogens with one attached hydrogen (secondary N) is 2. The number of halogens is 2. The molecule has 0 unspecified atom stereocenters. The number of nitro groups is 1. The Balaban J connectivity index is 1.76. The highest BCUT2D eigenvalue weighted by atomic mass is 35.5. The maximum Gasteiger partial charge on any atom is 0.353 e. The van der Waals surface area contributed by atoms with E-state index in [2.05, 4.69) is 25.6 Å². The molecule has 2 N–H and O–H groups in total. The highest BCUT2D eigenvalue weighted by molar-refractivity contribution is 6.36. The van der Waals surface area contributed by atoms with Crippen LogP contribution in [0.3, 0.4) is 0 Å². The zero-order chi connectivity index (χ0) is 20.4. The molecule has 29 heavy (non-hydrogen) atoms. The van der Waals surface area contributed by atoms with Gasteiger partial charge in [0.2, 0.25) is 11.6 Å². The van der Waals surface area contributed by atoms with E-state index in [0.717, 1.165) is 10.9 Å². The summed E-state index contributed by atoms with van der Waals surface area (Å²) >= 11 is 12.1. The van der Waals surface area contributed by atoms with E-state index in [1.54, 1.807) is 36.5 Å². The minimum Gasteiger partial charge on any atom is -0.334 e. The molecule has 2 aromatic heterocycles. The third-order valence-corrected chi connectivity index (χ3v) is 4.64. The third-order valence-electron chi connectivity index (χ3n) is 4.09. The van der Waals surface area contributed by atoms with Crippen LogP contribution < -0.4 is 10.6 Å². The molecule has 0 saturated heterocycles. The minimum absolute atomic E-state index is 0.00455. The van der Waals surface area contributed by atoms with Gasteiger partial charge in [0, 0.05) is 22.3 Å². The van der Waals surface area contributed by atoms with Crippen LogP contribution in [0.1, 0.15) is 0 Å². The van der Waals surface area contributed by atoms with E-state index in [0.29, 0.717) is 21.4 Å². The van der Waals surface area contributed by atoms with Gasteiger partial charge in [0.15, 0.2) is 0 Å².